The largest absolute Gasteiger partial charge is 0.394 e. The predicted octanol–water partition coefficient (Wildman–Crippen LogP) is 1.24. The minimum atomic E-state index is -4.02. The smallest absolute Gasteiger partial charge is 0.269 e. The van der Waals surface area contributed by atoms with Gasteiger partial charge in [0, 0.05) is 49.0 Å². The molecule has 1 aliphatic heterocycles. The van der Waals surface area contributed by atoms with Gasteiger partial charge in [0.25, 0.3) is 5.69 Å². The van der Waals surface area contributed by atoms with E-state index >= 15 is 0 Å². The summed E-state index contributed by atoms with van der Waals surface area (Å²) >= 11 is 5.77. The van der Waals surface area contributed by atoms with E-state index in [0.717, 1.165) is 5.69 Å². The van der Waals surface area contributed by atoms with Crippen molar-refractivity contribution in [3.63, 3.8) is 0 Å². The Balaban J connectivity index is 1.61. The Bertz CT molecular complexity index is 1040. The molecule has 0 spiro atoms. The number of halogens is 1. The molecule has 2 aromatic carbocycles. The van der Waals surface area contributed by atoms with E-state index in [1.54, 1.807) is 12.1 Å². The molecule has 10 nitrogen and oxygen atoms in total. The summed E-state index contributed by atoms with van der Waals surface area (Å²) in [7, 11) is -4.02. The molecule has 3 rings (SSSR count). The molecule has 1 saturated heterocycles. The minimum Gasteiger partial charge on any atom is -0.394 e. The molecular formula is C19H21ClN4O6S. The number of hydrogen-bond acceptors (Lipinski definition) is 7. The standard InChI is InChI=1S/C19H21ClN4O6S/c20-14-1-7-17(8-2-14)31(29,30)21-18(13-25)19(26)23-11-9-22(10-12-23)15-3-5-16(6-4-15)24(27)28/h1-8,18,21,25H,9-13H2. The predicted molar refractivity (Wildman–Crippen MR) is 115 cm³/mol. The third-order valence-corrected chi connectivity index (χ3v) is 6.66. The van der Waals surface area contributed by atoms with E-state index in [1.807, 2.05) is 4.90 Å². The number of carbonyl (C=O) groups is 1. The van der Waals surface area contributed by atoms with Crippen LogP contribution in [0.1, 0.15) is 0 Å². The molecule has 1 aliphatic rings. The van der Waals surface area contributed by atoms with Crippen molar-refractivity contribution in [2.45, 2.75) is 10.9 Å². The number of amides is 1. The van der Waals surface area contributed by atoms with Gasteiger partial charge in [0.05, 0.1) is 16.4 Å². The number of nitrogens with zero attached hydrogens (tertiary/aromatic N) is 3. The number of hydrogen-bond donors (Lipinski definition) is 2. The van der Waals surface area contributed by atoms with Crippen LogP contribution in [0.3, 0.4) is 0 Å². The second-order valence-electron chi connectivity index (χ2n) is 6.90. The number of nitrogens with one attached hydrogen (secondary N) is 1. The van der Waals surface area contributed by atoms with Gasteiger partial charge in [-0.2, -0.15) is 4.72 Å². The Labute approximate surface area is 184 Å². The molecule has 1 atom stereocenters. The number of sulfonamides is 1. The molecule has 166 valence electrons. The lowest BCUT2D eigenvalue weighted by Gasteiger charge is -2.37. The molecule has 0 aliphatic carbocycles. The molecule has 2 aromatic rings. The van der Waals surface area contributed by atoms with Crippen LogP contribution in [0.15, 0.2) is 53.4 Å². The number of aliphatic hydroxyl groups is 1. The van der Waals surface area contributed by atoms with Gasteiger partial charge < -0.3 is 14.9 Å². The number of non-ortho nitro benzene ring substituents is 1. The van der Waals surface area contributed by atoms with Crippen LogP contribution in [0.5, 0.6) is 0 Å². The van der Waals surface area contributed by atoms with Gasteiger partial charge in [-0.3, -0.25) is 14.9 Å². The summed E-state index contributed by atoms with van der Waals surface area (Å²) < 4.78 is 27.3. The van der Waals surface area contributed by atoms with Crippen molar-refractivity contribution in [2.24, 2.45) is 0 Å². The van der Waals surface area contributed by atoms with Crippen LogP contribution in [0.2, 0.25) is 5.02 Å². The molecule has 0 saturated carbocycles. The van der Waals surface area contributed by atoms with Crippen molar-refractivity contribution in [1.29, 1.82) is 0 Å². The monoisotopic (exact) mass is 468 g/mol. The van der Waals surface area contributed by atoms with Crippen molar-refractivity contribution in [3.8, 4) is 0 Å². The number of carbonyl (C=O) groups excluding carboxylic acids is 1. The molecule has 1 fully saturated rings. The summed E-state index contributed by atoms with van der Waals surface area (Å²) in [5.41, 5.74) is 0.788. The quantitative estimate of drug-likeness (QED) is 0.461. The van der Waals surface area contributed by atoms with Crippen LogP contribution in [0.25, 0.3) is 0 Å². The number of aliphatic hydroxyl groups excluding tert-OH is 1. The number of piperazine rings is 1. The minimum absolute atomic E-state index is 0.00341. The Morgan fingerprint density at radius 3 is 2.19 bits per heavy atom. The van der Waals surface area contributed by atoms with Crippen molar-refractivity contribution in [2.75, 3.05) is 37.7 Å². The highest BCUT2D eigenvalue weighted by Crippen LogP contribution is 2.21. The lowest BCUT2D eigenvalue weighted by molar-refractivity contribution is -0.384. The van der Waals surface area contributed by atoms with Crippen LogP contribution >= 0.6 is 11.6 Å². The number of nitro benzene ring substituents is 1. The molecule has 1 heterocycles. The summed E-state index contributed by atoms with van der Waals surface area (Å²) in [6, 6.07) is 10.3. The Kier molecular flexibility index (Phi) is 7.11. The van der Waals surface area contributed by atoms with Crippen LogP contribution in [-0.2, 0) is 14.8 Å². The zero-order valence-corrected chi connectivity index (χ0v) is 17.9. The highest BCUT2D eigenvalue weighted by molar-refractivity contribution is 7.89. The molecule has 12 heteroatoms. The van der Waals surface area contributed by atoms with Gasteiger partial charge in [-0.1, -0.05) is 11.6 Å². The molecule has 1 amide bonds. The lowest BCUT2D eigenvalue weighted by Crippen LogP contribution is -2.56. The zero-order valence-electron chi connectivity index (χ0n) is 16.3. The van der Waals surface area contributed by atoms with E-state index in [-0.39, 0.29) is 10.6 Å². The van der Waals surface area contributed by atoms with Crippen molar-refractivity contribution < 1.29 is 23.2 Å². The van der Waals surface area contributed by atoms with Gasteiger partial charge in [0.1, 0.15) is 6.04 Å². The fourth-order valence-electron chi connectivity index (χ4n) is 3.23. The first-order chi connectivity index (χ1) is 14.7. The normalized spacial score (nSPS) is 15.5. The van der Waals surface area contributed by atoms with Gasteiger partial charge in [-0.15, -0.1) is 0 Å². The van der Waals surface area contributed by atoms with Gasteiger partial charge in [0.15, 0.2) is 0 Å². The topological polar surface area (TPSA) is 133 Å². The Hall–Kier alpha value is -2.73. The molecular weight excluding hydrogens is 448 g/mol. The molecule has 2 N–H and O–H groups in total. The second kappa shape index (κ2) is 9.60. The Morgan fingerprint density at radius 2 is 1.68 bits per heavy atom. The average Bonchev–Trinajstić information content (AvgIpc) is 2.77. The molecule has 1 unspecified atom stereocenters. The third-order valence-electron chi connectivity index (χ3n) is 4.92. The Morgan fingerprint density at radius 1 is 1.10 bits per heavy atom. The fourth-order valence-corrected chi connectivity index (χ4v) is 4.53. The van der Waals surface area contributed by atoms with Crippen LogP contribution in [0, 0.1) is 10.1 Å². The van der Waals surface area contributed by atoms with Gasteiger partial charge >= 0.3 is 0 Å². The summed E-state index contributed by atoms with van der Waals surface area (Å²) in [4.78, 5) is 26.5. The SMILES string of the molecule is O=C(C(CO)NS(=O)(=O)c1ccc(Cl)cc1)N1CCN(c2ccc([N+](=O)[O-])cc2)CC1. The maximum Gasteiger partial charge on any atom is 0.269 e. The first kappa shape index (κ1) is 22.9. The number of nitro groups is 1. The zero-order chi connectivity index (χ0) is 22.6. The summed E-state index contributed by atoms with van der Waals surface area (Å²) in [5.74, 6) is -0.525. The maximum atomic E-state index is 12.8. The molecule has 31 heavy (non-hydrogen) atoms. The van der Waals surface area contributed by atoms with E-state index in [2.05, 4.69) is 4.72 Å². The number of anilines is 1. The van der Waals surface area contributed by atoms with E-state index < -0.39 is 33.5 Å². The highest BCUT2D eigenvalue weighted by atomic mass is 35.5. The van der Waals surface area contributed by atoms with Gasteiger partial charge in [0.2, 0.25) is 15.9 Å². The molecule has 0 bridgehead atoms. The molecule has 0 radical (unpaired) electrons. The fraction of sp³-hybridized carbons (Fsp3) is 0.316. The van der Waals surface area contributed by atoms with Crippen LogP contribution < -0.4 is 9.62 Å². The summed E-state index contributed by atoms with van der Waals surface area (Å²) in [5, 5.41) is 20.8. The maximum absolute atomic E-state index is 12.8. The van der Waals surface area contributed by atoms with Gasteiger partial charge in [-0.25, -0.2) is 8.42 Å². The van der Waals surface area contributed by atoms with Crippen molar-refractivity contribution >= 4 is 38.9 Å². The van der Waals surface area contributed by atoms with E-state index in [4.69, 9.17) is 11.6 Å². The average molecular weight is 469 g/mol. The van der Waals surface area contributed by atoms with E-state index in [1.165, 1.54) is 41.3 Å². The van der Waals surface area contributed by atoms with Crippen molar-refractivity contribution in [1.82, 2.24) is 9.62 Å². The summed E-state index contributed by atoms with van der Waals surface area (Å²) in [6.45, 7) is 0.871. The lowest BCUT2D eigenvalue weighted by atomic mass is 10.2. The van der Waals surface area contributed by atoms with Crippen LogP contribution in [0.4, 0.5) is 11.4 Å². The van der Waals surface area contributed by atoms with E-state index in [9.17, 15) is 28.4 Å². The second-order valence-corrected chi connectivity index (χ2v) is 9.05. The number of benzene rings is 2. The number of rotatable bonds is 7. The molecule has 0 aromatic heterocycles. The van der Waals surface area contributed by atoms with Gasteiger partial charge in [-0.05, 0) is 36.4 Å². The first-order valence-electron chi connectivity index (χ1n) is 9.38. The highest BCUT2D eigenvalue weighted by Gasteiger charge is 2.31. The third kappa shape index (κ3) is 5.50. The van der Waals surface area contributed by atoms with Crippen molar-refractivity contribution in [3.05, 3.63) is 63.7 Å². The summed E-state index contributed by atoms with van der Waals surface area (Å²) in [6.07, 6.45) is 0. The van der Waals surface area contributed by atoms with Crippen LogP contribution in [-0.4, -0.2) is 68.1 Å². The first-order valence-corrected chi connectivity index (χ1v) is 11.2. The van der Waals surface area contributed by atoms with E-state index in [0.29, 0.717) is 31.2 Å².